The zero-order valence-corrected chi connectivity index (χ0v) is 12.7. The number of hydrogen-bond acceptors (Lipinski definition) is 3. The van der Waals surface area contributed by atoms with Crippen molar-refractivity contribution < 1.29 is 0 Å². The lowest BCUT2D eigenvalue weighted by atomic mass is 10.1. The molecule has 17 heavy (non-hydrogen) atoms. The average Bonchev–Trinajstić information content (AvgIpc) is 2.30. The molecule has 1 fully saturated rings. The second kappa shape index (κ2) is 5.63. The molecule has 1 aromatic rings. The number of hydrogen-bond donors (Lipinski definition) is 1. The molecule has 4 heteroatoms. The first-order valence-electron chi connectivity index (χ1n) is 5.99. The third-order valence-electron chi connectivity index (χ3n) is 3.17. The number of nitrogens with zero attached hydrogens (tertiary/aromatic N) is 1. The maximum absolute atomic E-state index is 5.90. The SMILES string of the molecule is CC1CSCCN1c1ccc([C@H](C)N)cc1Br. The van der Waals surface area contributed by atoms with E-state index in [0.29, 0.717) is 6.04 Å². The minimum absolute atomic E-state index is 0.0923. The lowest BCUT2D eigenvalue weighted by molar-refractivity contribution is 0.698. The molecule has 0 spiro atoms. The van der Waals surface area contributed by atoms with Crippen LogP contribution >= 0.6 is 27.7 Å². The smallest absolute Gasteiger partial charge is 0.0513 e. The maximum atomic E-state index is 5.90. The van der Waals surface area contributed by atoms with Gasteiger partial charge in [-0.05, 0) is 47.5 Å². The molecule has 1 aromatic carbocycles. The van der Waals surface area contributed by atoms with E-state index < -0.39 is 0 Å². The van der Waals surface area contributed by atoms with Gasteiger partial charge in [0, 0.05) is 34.6 Å². The summed E-state index contributed by atoms with van der Waals surface area (Å²) in [7, 11) is 0. The summed E-state index contributed by atoms with van der Waals surface area (Å²) in [5.41, 5.74) is 8.37. The molecule has 1 aliphatic heterocycles. The molecular weight excluding hydrogens is 296 g/mol. The molecule has 0 aromatic heterocycles. The number of anilines is 1. The van der Waals surface area contributed by atoms with Gasteiger partial charge in [-0.1, -0.05) is 6.07 Å². The predicted octanol–water partition coefficient (Wildman–Crippen LogP) is 3.41. The Labute approximate surface area is 116 Å². The van der Waals surface area contributed by atoms with Crippen molar-refractivity contribution in [2.75, 3.05) is 23.0 Å². The van der Waals surface area contributed by atoms with Gasteiger partial charge in [0.1, 0.15) is 0 Å². The van der Waals surface area contributed by atoms with Crippen LogP contribution in [0.2, 0.25) is 0 Å². The number of thioether (sulfide) groups is 1. The van der Waals surface area contributed by atoms with Gasteiger partial charge < -0.3 is 10.6 Å². The normalized spacial score (nSPS) is 22.6. The first-order valence-corrected chi connectivity index (χ1v) is 7.94. The molecule has 1 aliphatic rings. The second-order valence-electron chi connectivity index (χ2n) is 4.62. The Balaban J connectivity index is 2.26. The molecule has 2 rings (SSSR count). The third-order valence-corrected chi connectivity index (χ3v) is 5.00. The molecule has 0 radical (unpaired) electrons. The molecule has 0 bridgehead atoms. The van der Waals surface area contributed by atoms with E-state index in [0.717, 1.165) is 11.0 Å². The molecule has 1 unspecified atom stereocenters. The van der Waals surface area contributed by atoms with E-state index in [1.165, 1.54) is 22.8 Å². The van der Waals surface area contributed by atoms with Crippen molar-refractivity contribution in [2.45, 2.75) is 25.9 Å². The van der Waals surface area contributed by atoms with Crippen LogP contribution in [0.3, 0.4) is 0 Å². The van der Waals surface area contributed by atoms with Gasteiger partial charge in [-0.15, -0.1) is 0 Å². The number of halogens is 1. The molecule has 2 nitrogen and oxygen atoms in total. The Morgan fingerprint density at radius 2 is 2.29 bits per heavy atom. The summed E-state index contributed by atoms with van der Waals surface area (Å²) in [5, 5.41) is 0. The van der Waals surface area contributed by atoms with E-state index >= 15 is 0 Å². The van der Waals surface area contributed by atoms with Gasteiger partial charge in [0.15, 0.2) is 0 Å². The van der Waals surface area contributed by atoms with Crippen molar-refractivity contribution in [1.29, 1.82) is 0 Å². The lowest BCUT2D eigenvalue weighted by Gasteiger charge is -2.35. The third kappa shape index (κ3) is 2.98. The first-order chi connectivity index (χ1) is 8.09. The number of benzene rings is 1. The highest BCUT2D eigenvalue weighted by molar-refractivity contribution is 9.10. The Hall–Kier alpha value is -0.190. The van der Waals surface area contributed by atoms with Crippen molar-refractivity contribution >= 4 is 33.4 Å². The molecule has 1 saturated heterocycles. The van der Waals surface area contributed by atoms with Crippen LogP contribution in [0.5, 0.6) is 0 Å². The van der Waals surface area contributed by atoms with E-state index in [-0.39, 0.29) is 6.04 Å². The summed E-state index contributed by atoms with van der Waals surface area (Å²) in [6, 6.07) is 7.17. The highest BCUT2D eigenvalue weighted by Crippen LogP contribution is 2.32. The highest BCUT2D eigenvalue weighted by Gasteiger charge is 2.20. The standard InChI is InChI=1S/C13H19BrN2S/c1-9-8-17-6-5-16(9)13-4-3-11(10(2)15)7-12(13)14/h3-4,7,9-10H,5-6,8,15H2,1-2H3/t9?,10-/m0/s1. The van der Waals surface area contributed by atoms with E-state index in [1.807, 2.05) is 18.7 Å². The van der Waals surface area contributed by atoms with E-state index in [4.69, 9.17) is 5.73 Å². The van der Waals surface area contributed by atoms with Crippen LogP contribution in [0.15, 0.2) is 22.7 Å². The summed E-state index contributed by atoms with van der Waals surface area (Å²) in [6.45, 7) is 5.43. The van der Waals surface area contributed by atoms with Gasteiger partial charge in [0.2, 0.25) is 0 Å². The van der Waals surface area contributed by atoms with Gasteiger partial charge in [0.25, 0.3) is 0 Å². The Bertz CT molecular complexity index is 395. The summed E-state index contributed by atoms with van der Waals surface area (Å²) in [4.78, 5) is 2.48. The summed E-state index contributed by atoms with van der Waals surface area (Å²) in [6.07, 6.45) is 0. The van der Waals surface area contributed by atoms with Crippen LogP contribution in [0.25, 0.3) is 0 Å². The van der Waals surface area contributed by atoms with Crippen molar-refractivity contribution in [3.63, 3.8) is 0 Å². The molecule has 2 atom stereocenters. The lowest BCUT2D eigenvalue weighted by Crippen LogP contribution is -2.40. The Morgan fingerprint density at radius 1 is 1.53 bits per heavy atom. The van der Waals surface area contributed by atoms with Crippen LogP contribution in [0.4, 0.5) is 5.69 Å². The summed E-state index contributed by atoms with van der Waals surface area (Å²) in [5.74, 6) is 2.42. The minimum Gasteiger partial charge on any atom is -0.366 e. The van der Waals surface area contributed by atoms with E-state index in [9.17, 15) is 0 Å². The number of nitrogens with two attached hydrogens (primary N) is 1. The molecule has 0 amide bonds. The molecule has 0 saturated carbocycles. The van der Waals surface area contributed by atoms with Crippen molar-refractivity contribution in [2.24, 2.45) is 5.73 Å². The van der Waals surface area contributed by atoms with E-state index in [1.54, 1.807) is 0 Å². The predicted molar refractivity (Wildman–Crippen MR) is 80.9 cm³/mol. The fourth-order valence-corrected chi connectivity index (χ4v) is 3.76. The van der Waals surface area contributed by atoms with Gasteiger partial charge in [-0.25, -0.2) is 0 Å². The van der Waals surface area contributed by atoms with Crippen LogP contribution < -0.4 is 10.6 Å². The van der Waals surface area contributed by atoms with Crippen molar-refractivity contribution in [1.82, 2.24) is 0 Å². The maximum Gasteiger partial charge on any atom is 0.0513 e. The molecular formula is C13H19BrN2S. The number of rotatable bonds is 2. The Morgan fingerprint density at radius 3 is 2.88 bits per heavy atom. The highest BCUT2D eigenvalue weighted by atomic mass is 79.9. The monoisotopic (exact) mass is 314 g/mol. The van der Waals surface area contributed by atoms with Gasteiger partial charge in [-0.3, -0.25) is 0 Å². The minimum atomic E-state index is 0.0923. The quantitative estimate of drug-likeness (QED) is 0.907. The zero-order chi connectivity index (χ0) is 12.4. The molecule has 2 N–H and O–H groups in total. The largest absolute Gasteiger partial charge is 0.366 e. The van der Waals surface area contributed by atoms with Crippen LogP contribution in [-0.4, -0.2) is 24.1 Å². The summed E-state index contributed by atoms with van der Waals surface area (Å²) < 4.78 is 1.16. The first kappa shape index (κ1) is 13.2. The van der Waals surface area contributed by atoms with E-state index in [2.05, 4.69) is 46.0 Å². The topological polar surface area (TPSA) is 29.3 Å². The molecule has 1 heterocycles. The summed E-state index contributed by atoms with van der Waals surface area (Å²) >= 11 is 5.71. The molecule has 94 valence electrons. The van der Waals surface area contributed by atoms with Crippen LogP contribution in [0, 0.1) is 0 Å². The zero-order valence-electron chi connectivity index (χ0n) is 10.3. The fraction of sp³-hybridized carbons (Fsp3) is 0.538. The van der Waals surface area contributed by atoms with Gasteiger partial charge in [0.05, 0.1) is 5.69 Å². The van der Waals surface area contributed by atoms with Gasteiger partial charge in [-0.2, -0.15) is 11.8 Å². The van der Waals surface area contributed by atoms with Crippen LogP contribution in [-0.2, 0) is 0 Å². The second-order valence-corrected chi connectivity index (χ2v) is 6.62. The van der Waals surface area contributed by atoms with Crippen molar-refractivity contribution in [3.05, 3.63) is 28.2 Å². The fourth-order valence-electron chi connectivity index (χ4n) is 2.12. The van der Waals surface area contributed by atoms with Crippen molar-refractivity contribution in [3.8, 4) is 0 Å². The average molecular weight is 315 g/mol. The molecule has 0 aliphatic carbocycles. The van der Waals surface area contributed by atoms with Crippen LogP contribution in [0.1, 0.15) is 25.5 Å². The van der Waals surface area contributed by atoms with Gasteiger partial charge >= 0.3 is 0 Å². The Kier molecular flexibility index (Phi) is 4.39.